The van der Waals surface area contributed by atoms with E-state index < -0.39 is 0 Å². The first kappa shape index (κ1) is 16.1. The Morgan fingerprint density at radius 3 is 2.95 bits per heavy atom. The second-order valence-electron chi connectivity index (χ2n) is 5.64. The first-order chi connectivity index (χ1) is 10.1. The van der Waals surface area contributed by atoms with Gasteiger partial charge >= 0.3 is 0 Å². The van der Waals surface area contributed by atoms with Crippen LogP contribution in [-0.2, 0) is 4.79 Å². The molecule has 2 unspecified atom stereocenters. The lowest BCUT2D eigenvalue weighted by atomic mass is 9.86. The Morgan fingerprint density at radius 1 is 1.43 bits per heavy atom. The number of carbonyl (C=O) groups excluding carboxylic acids is 1. The summed E-state index contributed by atoms with van der Waals surface area (Å²) in [7, 11) is 0. The first-order valence-electron chi connectivity index (χ1n) is 7.40. The quantitative estimate of drug-likeness (QED) is 0.879. The SMILES string of the molecule is Cc1ccc(Cl)c(OCC(=O)NCC2CCCCC2O)c1. The highest BCUT2D eigenvalue weighted by Gasteiger charge is 2.23. The van der Waals surface area contributed by atoms with E-state index in [1.807, 2.05) is 13.0 Å². The van der Waals surface area contributed by atoms with Gasteiger partial charge in [-0.25, -0.2) is 0 Å². The number of carbonyl (C=O) groups is 1. The number of halogens is 1. The van der Waals surface area contributed by atoms with Gasteiger partial charge < -0.3 is 15.2 Å². The number of benzene rings is 1. The summed E-state index contributed by atoms with van der Waals surface area (Å²) in [5, 5.41) is 13.2. The maximum atomic E-state index is 11.8. The maximum Gasteiger partial charge on any atom is 0.257 e. The molecule has 116 valence electrons. The second-order valence-corrected chi connectivity index (χ2v) is 6.05. The van der Waals surface area contributed by atoms with Crippen LogP contribution in [0.4, 0.5) is 0 Å². The zero-order chi connectivity index (χ0) is 15.2. The summed E-state index contributed by atoms with van der Waals surface area (Å²) in [5.74, 6) is 0.486. The van der Waals surface area contributed by atoms with Crippen LogP contribution in [0.5, 0.6) is 5.75 Å². The average molecular weight is 312 g/mol. The summed E-state index contributed by atoms with van der Waals surface area (Å²) in [5.41, 5.74) is 1.03. The van der Waals surface area contributed by atoms with Gasteiger partial charge in [-0.1, -0.05) is 30.5 Å². The van der Waals surface area contributed by atoms with Crippen LogP contribution in [0.2, 0.25) is 5.02 Å². The smallest absolute Gasteiger partial charge is 0.257 e. The summed E-state index contributed by atoms with van der Waals surface area (Å²) < 4.78 is 5.44. The zero-order valence-corrected chi connectivity index (χ0v) is 13.0. The predicted molar refractivity (Wildman–Crippen MR) is 82.7 cm³/mol. The summed E-state index contributed by atoms with van der Waals surface area (Å²) in [4.78, 5) is 11.8. The molecule has 1 fully saturated rings. The molecule has 1 saturated carbocycles. The van der Waals surface area contributed by atoms with Crippen LogP contribution in [0.3, 0.4) is 0 Å². The van der Waals surface area contributed by atoms with Crippen molar-refractivity contribution in [2.45, 2.75) is 38.7 Å². The van der Waals surface area contributed by atoms with Gasteiger partial charge in [-0.05, 0) is 37.5 Å². The van der Waals surface area contributed by atoms with E-state index in [4.69, 9.17) is 16.3 Å². The molecule has 5 heteroatoms. The molecule has 1 amide bonds. The molecule has 4 nitrogen and oxygen atoms in total. The van der Waals surface area contributed by atoms with Gasteiger partial charge in [-0.2, -0.15) is 0 Å². The molecule has 0 aliphatic heterocycles. The van der Waals surface area contributed by atoms with Gasteiger partial charge in [0.25, 0.3) is 5.91 Å². The van der Waals surface area contributed by atoms with Gasteiger partial charge in [0.1, 0.15) is 5.75 Å². The van der Waals surface area contributed by atoms with E-state index in [-0.39, 0.29) is 24.5 Å². The lowest BCUT2D eigenvalue weighted by molar-refractivity contribution is -0.123. The van der Waals surface area contributed by atoms with Gasteiger partial charge in [-0.3, -0.25) is 4.79 Å². The van der Waals surface area contributed by atoms with Crippen molar-refractivity contribution < 1.29 is 14.6 Å². The molecule has 1 aliphatic carbocycles. The monoisotopic (exact) mass is 311 g/mol. The van der Waals surface area contributed by atoms with E-state index in [2.05, 4.69) is 5.32 Å². The number of hydrogen-bond acceptors (Lipinski definition) is 3. The minimum atomic E-state index is -0.300. The fourth-order valence-corrected chi connectivity index (χ4v) is 2.76. The van der Waals surface area contributed by atoms with Crippen LogP contribution >= 0.6 is 11.6 Å². The lowest BCUT2D eigenvalue weighted by Crippen LogP contribution is -2.38. The first-order valence-corrected chi connectivity index (χ1v) is 7.78. The third-order valence-corrected chi connectivity index (χ3v) is 4.19. The minimum absolute atomic E-state index is 0.0635. The van der Waals surface area contributed by atoms with E-state index in [0.717, 1.165) is 31.2 Å². The van der Waals surface area contributed by atoms with Crippen LogP contribution in [0.1, 0.15) is 31.2 Å². The number of aryl methyl sites for hydroxylation is 1. The molecule has 2 rings (SSSR count). The van der Waals surface area contributed by atoms with Crippen molar-refractivity contribution in [3.05, 3.63) is 28.8 Å². The van der Waals surface area contributed by atoms with Crippen molar-refractivity contribution in [2.24, 2.45) is 5.92 Å². The molecule has 0 spiro atoms. The van der Waals surface area contributed by atoms with Crippen LogP contribution < -0.4 is 10.1 Å². The Kier molecular flexibility index (Phi) is 5.88. The van der Waals surface area contributed by atoms with Gasteiger partial charge in [0.2, 0.25) is 0 Å². The van der Waals surface area contributed by atoms with Crippen LogP contribution in [0.25, 0.3) is 0 Å². The largest absolute Gasteiger partial charge is 0.482 e. The lowest BCUT2D eigenvalue weighted by Gasteiger charge is -2.27. The highest BCUT2D eigenvalue weighted by atomic mass is 35.5. The van der Waals surface area contributed by atoms with Crippen LogP contribution in [0, 0.1) is 12.8 Å². The number of aliphatic hydroxyl groups is 1. The molecule has 1 aromatic carbocycles. The Labute approximate surface area is 130 Å². The normalized spacial score (nSPS) is 21.9. The van der Waals surface area contributed by atoms with Crippen molar-refractivity contribution >= 4 is 17.5 Å². The zero-order valence-electron chi connectivity index (χ0n) is 12.3. The molecule has 1 aliphatic rings. The molecule has 0 heterocycles. The van der Waals surface area contributed by atoms with E-state index in [1.54, 1.807) is 12.1 Å². The van der Waals surface area contributed by atoms with E-state index >= 15 is 0 Å². The van der Waals surface area contributed by atoms with Crippen molar-refractivity contribution in [2.75, 3.05) is 13.2 Å². The van der Waals surface area contributed by atoms with Crippen molar-refractivity contribution in [3.8, 4) is 5.75 Å². The molecular formula is C16H22ClNO3. The number of nitrogens with one attached hydrogen (secondary N) is 1. The number of aliphatic hydroxyl groups excluding tert-OH is 1. The molecule has 0 bridgehead atoms. The van der Waals surface area contributed by atoms with Gasteiger partial charge in [0.05, 0.1) is 11.1 Å². The van der Waals surface area contributed by atoms with E-state index in [9.17, 15) is 9.90 Å². The molecule has 2 atom stereocenters. The standard InChI is InChI=1S/C16H22ClNO3/c1-11-6-7-13(17)15(8-11)21-10-16(20)18-9-12-4-2-3-5-14(12)19/h6-8,12,14,19H,2-5,9-10H2,1H3,(H,18,20). The topological polar surface area (TPSA) is 58.6 Å². The van der Waals surface area contributed by atoms with Gasteiger partial charge in [0.15, 0.2) is 6.61 Å². The van der Waals surface area contributed by atoms with Crippen LogP contribution in [0.15, 0.2) is 18.2 Å². The summed E-state index contributed by atoms with van der Waals surface area (Å²) >= 11 is 6.01. The summed E-state index contributed by atoms with van der Waals surface area (Å²) in [6, 6.07) is 5.45. The fraction of sp³-hybridized carbons (Fsp3) is 0.562. The molecule has 1 aromatic rings. The molecule has 21 heavy (non-hydrogen) atoms. The average Bonchev–Trinajstić information content (AvgIpc) is 2.47. The van der Waals surface area contributed by atoms with Crippen molar-refractivity contribution in [3.63, 3.8) is 0 Å². The molecule has 0 aromatic heterocycles. The number of rotatable bonds is 5. The number of ether oxygens (including phenoxy) is 1. The van der Waals surface area contributed by atoms with Crippen molar-refractivity contribution in [1.82, 2.24) is 5.32 Å². The molecule has 0 radical (unpaired) electrons. The summed E-state index contributed by atoms with van der Waals surface area (Å²) in [6.45, 7) is 2.38. The number of hydrogen-bond donors (Lipinski definition) is 2. The Morgan fingerprint density at radius 2 is 2.19 bits per heavy atom. The fourth-order valence-electron chi connectivity index (χ4n) is 2.59. The Hall–Kier alpha value is -1.26. The van der Waals surface area contributed by atoms with E-state index in [0.29, 0.717) is 17.3 Å². The maximum absolute atomic E-state index is 11.8. The second kappa shape index (κ2) is 7.66. The highest BCUT2D eigenvalue weighted by molar-refractivity contribution is 6.32. The molecule has 0 saturated heterocycles. The van der Waals surface area contributed by atoms with Crippen LogP contribution in [-0.4, -0.2) is 30.3 Å². The van der Waals surface area contributed by atoms with E-state index in [1.165, 1.54) is 0 Å². The summed E-state index contributed by atoms with van der Waals surface area (Å²) in [6.07, 6.45) is 3.68. The third kappa shape index (κ3) is 4.90. The van der Waals surface area contributed by atoms with Gasteiger partial charge in [-0.15, -0.1) is 0 Å². The predicted octanol–water partition coefficient (Wildman–Crippen LogP) is 2.69. The Bertz CT molecular complexity index is 492. The Balaban J connectivity index is 1.75. The molecular weight excluding hydrogens is 290 g/mol. The molecule has 2 N–H and O–H groups in total. The van der Waals surface area contributed by atoms with Gasteiger partial charge in [0, 0.05) is 12.5 Å². The number of amides is 1. The van der Waals surface area contributed by atoms with Crippen molar-refractivity contribution in [1.29, 1.82) is 0 Å². The highest BCUT2D eigenvalue weighted by Crippen LogP contribution is 2.25. The minimum Gasteiger partial charge on any atom is -0.482 e. The third-order valence-electron chi connectivity index (χ3n) is 3.88.